The van der Waals surface area contributed by atoms with Crippen molar-refractivity contribution >= 4 is 27.5 Å². The molecule has 1 rings (SSSR count). The summed E-state index contributed by atoms with van der Waals surface area (Å²) in [6.45, 7) is 2.15. The minimum atomic E-state index is -3.66. The van der Waals surface area contributed by atoms with Crippen LogP contribution in [0, 0.1) is 6.92 Å². The molecule has 8 heteroatoms. The lowest BCUT2D eigenvalue weighted by Gasteiger charge is -2.13. The average molecular weight is 294 g/mol. The van der Waals surface area contributed by atoms with Crippen molar-refractivity contribution in [2.45, 2.75) is 6.92 Å². The summed E-state index contributed by atoms with van der Waals surface area (Å²) in [5.74, 6) is 0.351. The zero-order valence-corrected chi connectivity index (χ0v) is 11.7. The highest BCUT2D eigenvalue weighted by atomic mass is 35.5. The van der Waals surface area contributed by atoms with Gasteiger partial charge in [0.15, 0.2) is 0 Å². The molecule has 102 valence electrons. The first kappa shape index (κ1) is 15.0. The van der Waals surface area contributed by atoms with Crippen molar-refractivity contribution in [2.75, 3.05) is 24.9 Å². The van der Waals surface area contributed by atoms with Crippen molar-refractivity contribution in [1.29, 1.82) is 0 Å². The first-order chi connectivity index (χ1) is 8.39. The number of benzene rings is 1. The Bertz CT molecular complexity index is 519. The van der Waals surface area contributed by atoms with Gasteiger partial charge in [-0.3, -0.25) is 4.72 Å². The van der Waals surface area contributed by atoms with Crippen LogP contribution in [-0.4, -0.2) is 28.6 Å². The van der Waals surface area contributed by atoms with E-state index in [1.807, 2.05) is 0 Å². The number of nitrogens with two attached hydrogens (primary N) is 1. The normalized spacial score (nSPS) is 11.3. The molecule has 0 bridgehead atoms. The van der Waals surface area contributed by atoms with Gasteiger partial charge in [0.2, 0.25) is 0 Å². The van der Waals surface area contributed by atoms with Gasteiger partial charge < -0.3 is 10.5 Å². The van der Waals surface area contributed by atoms with Crippen LogP contribution in [0.15, 0.2) is 12.1 Å². The largest absolute Gasteiger partial charge is 0.495 e. The number of hydrogen-bond acceptors (Lipinski definition) is 4. The molecule has 6 nitrogen and oxygen atoms in total. The molecule has 0 aliphatic carbocycles. The maximum atomic E-state index is 11.7. The molecule has 0 saturated heterocycles. The zero-order valence-electron chi connectivity index (χ0n) is 10.2. The Hall–Kier alpha value is -1.02. The molecule has 0 radical (unpaired) electrons. The molecule has 0 aliphatic heterocycles. The molecule has 0 saturated carbocycles. The SMILES string of the molecule is COc1cc(Cl)c(C)cc1NS(=O)(=O)NCCN. The average Bonchev–Trinajstić information content (AvgIpc) is 2.30. The third-order valence-corrected chi connectivity index (χ3v) is 3.64. The van der Waals surface area contributed by atoms with E-state index in [4.69, 9.17) is 22.1 Å². The fraction of sp³-hybridized carbons (Fsp3) is 0.400. The monoisotopic (exact) mass is 293 g/mol. The van der Waals surface area contributed by atoms with Gasteiger partial charge in [-0.15, -0.1) is 0 Å². The van der Waals surface area contributed by atoms with Crippen LogP contribution in [0.5, 0.6) is 5.75 Å². The van der Waals surface area contributed by atoms with Crippen LogP contribution in [0.2, 0.25) is 5.02 Å². The van der Waals surface area contributed by atoms with Crippen molar-refractivity contribution in [3.8, 4) is 5.75 Å². The minimum Gasteiger partial charge on any atom is -0.495 e. The molecule has 0 aliphatic rings. The number of anilines is 1. The predicted molar refractivity (Wildman–Crippen MR) is 72.3 cm³/mol. The number of nitrogens with one attached hydrogen (secondary N) is 2. The summed E-state index contributed by atoms with van der Waals surface area (Å²) in [5, 5.41) is 0.504. The van der Waals surface area contributed by atoms with E-state index in [0.29, 0.717) is 16.5 Å². The lowest BCUT2D eigenvalue weighted by Crippen LogP contribution is -2.34. The fourth-order valence-corrected chi connectivity index (χ4v) is 2.35. The minimum absolute atomic E-state index is 0.157. The maximum Gasteiger partial charge on any atom is 0.299 e. The standard InChI is InChI=1S/C10H16ClN3O3S/c1-7-5-9(10(17-2)6-8(7)11)14-18(15,16)13-4-3-12/h5-6,13-14H,3-4,12H2,1-2H3. The Morgan fingerprint density at radius 3 is 2.67 bits per heavy atom. The van der Waals surface area contributed by atoms with Crippen molar-refractivity contribution in [1.82, 2.24) is 4.72 Å². The fourth-order valence-electron chi connectivity index (χ4n) is 1.29. The topological polar surface area (TPSA) is 93.4 Å². The Labute approximate surface area is 112 Å². The first-order valence-electron chi connectivity index (χ1n) is 5.21. The van der Waals surface area contributed by atoms with Crippen LogP contribution < -0.4 is 19.9 Å². The number of ether oxygens (including phenoxy) is 1. The van der Waals surface area contributed by atoms with Gasteiger partial charge in [0.25, 0.3) is 10.2 Å². The Kier molecular flexibility index (Phi) is 5.21. The Morgan fingerprint density at radius 2 is 2.11 bits per heavy atom. The number of methoxy groups -OCH3 is 1. The number of rotatable bonds is 6. The molecule has 1 aromatic rings. The summed E-state index contributed by atoms with van der Waals surface area (Å²) in [6, 6.07) is 3.15. The van der Waals surface area contributed by atoms with Gasteiger partial charge in [0, 0.05) is 24.2 Å². The van der Waals surface area contributed by atoms with E-state index < -0.39 is 10.2 Å². The smallest absolute Gasteiger partial charge is 0.299 e. The summed E-state index contributed by atoms with van der Waals surface area (Å²) in [4.78, 5) is 0. The van der Waals surface area contributed by atoms with E-state index in [-0.39, 0.29) is 13.1 Å². The predicted octanol–water partition coefficient (Wildman–Crippen LogP) is 0.862. The maximum absolute atomic E-state index is 11.7. The second-order valence-electron chi connectivity index (χ2n) is 3.59. The first-order valence-corrected chi connectivity index (χ1v) is 7.07. The molecule has 0 heterocycles. The van der Waals surface area contributed by atoms with Crippen LogP contribution >= 0.6 is 11.6 Å². The van der Waals surface area contributed by atoms with Gasteiger partial charge >= 0.3 is 0 Å². The summed E-state index contributed by atoms with van der Waals surface area (Å²) in [5.41, 5.74) is 6.30. The van der Waals surface area contributed by atoms with Gasteiger partial charge in [-0.05, 0) is 18.6 Å². The van der Waals surface area contributed by atoms with Crippen molar-refractivity contribution in [3.05, 3.63) is 22.7 Å². The molecule has 1 aromatic carbocycles. The summed E-state index contributed by atoms with van der Waals surface area (Å²) in [6.07, 6.45) is 0. The van der Waals surface area contributed by atoms with E-state index in [1.165, 1.54) is 7.11 Å². The Balaban J connectivity index is 3.00. The zero-order chi connectivity index (χ0) is 13.8. The number of hydrogen-bond donors (Lipinski definition) is 3. The third-order valence-electron chi connectivity index (χ3n) is 2.16. The quantitative estimate of drug-likeness (QED) is 0.725. The molecule has 0 amide bonds. The highest BCUT2D eigenvalue weighted by Gasteiger charge is 2.14. The van der Waals surface area contributed by atoms with Crippen molar-refractivity contribution < 1.29 is 13.2 Å². The van der Waals surface area contributed by atoms with Crippen LogP contribution in [-0.2, 0) is 10.2 Å². The van der Waals surface area contributed by atoms with Gasteiger partial charge in [-0.25, -0.2) is 0 Å². The molecule has 0 atom stereocenters. The molecule has 18 heavy (non-hydrogen) atoms. The Morgan fingerprint density at radius 1 is 1.44 bits per heavy atom. The summed E-state index contributed by atoms with van der Waals surface area (Å²) in [7, 11) is -2.23. The molecule has 4 N–H and O–H groups in total. The molecule has 0 aromatic heterocycles. The molecular weight excluding hydrogens is 278 g/mol. The van der Waals surface area contributed by atoms with E-state index >= 15 is 0 Å². The number of halogens is 1. The molecule has 0 unspecified atom stereocenters. The van der Waals surface area contributed by atoms with Gasteiger partial charge in [0.05, 0.1) is 12.8 Å². The van der Waals surface area contributed by atoms with Gasteiger partial charge in [-0.1, -0.05) is 11.6 Å². The van der Waals surface area contributed by atoms with Crippen LogP contribution in [0.4, 0.5) is 5.69 Å². The van der Waals surface area contributed by atoms with Crippen LogP contribution in [0.3, 0.4) is 0 Å². The van der Waals surface area contributed by atoms with Gasteiger partial charge in [-0.2, -0.15) is 13.1 Å². The van der Waals surface area contributed by atoms with E-state index in [9.17, 15) is 8.42 Å². The summed E-state index contributed by atoms with van der Waals surface area (Å²) >= 11 is 5.93. The van der Waals surface area contributed by atoms with E-state index in [1.54, 1.807) is 19.1 Å². The summed E-state index contributed by atoms with van der Waals surface area (Å²) < 4.78 is 33.0. The third kappa shape index (κ3) is 4.02. The lowest BCUT2D eigenvalue weighted by molar-refractivity contribution is 0.417. The van der Waals surface area contributed by atoms with Crippen molar-refractivity contribution in [3.63, 3.8) is 0 Å². The van der Waals surface area contributed by atoms with Gasteiger partial charge in [0.1, 0.15) is 5.75 Å². The van der Waals surface area contributed by atoms with E-state index in [0.717, 1.165) is 5.56 Å². The second kappa shape index (κ2) is 6.24. The number of aryl methyl sites for hydroxylation is 1. The van der Waals surface area contributed by atoms with Crippen LogP contribution in [0.1, 0.15) is 5.56 Å². The molecular formula is C10H16ClN3O3S. The highest BCUT2D eigenvalue weighted by molar-refractivity contribution is 7.90. The van der Waals surface area contributed by atoms with Crippen molar-refractivity contribution in [2.24, 2.45) is 5.73 Å². The lowest BCUT2D eigenvalue weighted by atomic mass is 10.2. The highest BCUT2D eigenvalue weighted by Crippen LogP contribution is 2.31. The molecule has 0 spiro atoms. The van der Waals surface area contributed by atoms with Crippen LogP contribution in [0.25, 0.3) is 0 Å². The van der Waals surface area contributed by atoms with E-state index in [2.05, 4.69) is 9.44 Å². The second-order valence-corrected chi connectivity index (χ2v) is 5.50. The molecule has 0 fully saturated rings.